The highest BCUT2D eigenvalue weighted by atomic mass is 32.2. The summed E-state index contributed by atoms with van der Waals surface area (Å²) in [6.07, 6.45) is 4.38. The first-order chi connectivity index (χ1) is 8.05. The van der Waals surface area contributed by atoms with Gasteiger partial charge < -0.3 is 5.73 Å². The van der Waals surface area contributed by atoms with Crippen molar-refractivity contribution in [1.82, 2.24) is 8.61 Å². The minimum absolute atomic E-state index is 0.519. The van der Waals surface area contributed by atoms with E-state index >= 15 is 0 Å². The van der Waals surface area contributed by atoms with Gasteiger partial charge in [-0.25, -0.2) is 0 Å². The summed E-state index contributed by atoms with van der Waals surface area (Å²) in [5, 5.41) is 0. The number of rotatable bonds is 5. The summed E-state index contributed by atoms with van der Waals surface area (Å²) in [4.78, 5) is 0. The molecule has 0 aromatic rings. The Morgan fingerprint density at radius 3 is 2.41 bits per heavy atom. The van der Waals surface area contributed by atoms with Gasteiger partial charge in [-0.1, -0.05) is 6.42 Å². The lowest BCUT2D eigenvalue weighted by Gasteiger charge is -2.24. The van der Waals surface area contributed by atoms with Crippen molar-refractivity contribution in [3.63, 3.8) is 0 Å². The van der Waals surface area contributed by atoms with Crippen LogP contribution in [0.4, 0.5) is 0 Å². The Labute approximate surface area is 104 Å². The molecule has 6 heteroatoms. The summed E-state index contributed by atoms with van der Waals surface area (Å²) < 4.78 is 27.7. The van der Waals surface area contributed by atoms with Crippen molar-refractivity contribution < 1.29 is 8.42 Å². The van der Waals surface area contributed by atoms with E-state index in [0.29, 0.717) is 24.9 Å². The maximum absolute atomic E-state index is 12.3. The first kappa shape index (κ1) is 13.3. The van der Waals surface area contributed by atoms with Gasteiger partial charge >= 0.3 is 0 Å². The van der Waals surface area contributed by atoms with Gasteiger partial charge in [-0.3, -0.25) is 0 Å². The highest BCUT2D eigenvalue weighted by molar-refractivity contribution is 7.86. The van der Waals surface area contributed by atoms with Gasteiger partial charge in [0.1, 0.15) is 0 Å². The molecule has 2 unspecified atom stereocenters. The summed E-state index contributed by atoms with van der Waals surface area (Å²) in [7, 11) is -1.59. The van der Waals surface area contributed by atoms with E-state index in [2.05, 4.69) is 0 Å². The van der Waals surface area contributed by atoms with Crippen molar-refractivity contribution in [2.75, 3.05) is 33.2 Å². The first-order valence-corrected chi connectivity index (χ1v) is 7.87. The van der Waals surface area contributed by atoms with Gasteiger partial charge in [-0.05, 0) is 37.6 Å². The lowest BCUT2D eigenvalue weighted by Crippen LogP contribution is -2.41. The summed E-state index contributed by atoms with van der Waals surface area (Å²) in [6, 6.07) is 0. The van der Waals surface area contributed by atoms with Crippen LogP contribution in [0.2, 0.25) is 0 Å². The minimum Gasteiger partial charge on any atom is -0.330 e. The molecule has 100 valence electrons. The van der Waals surface area contributed by atoms with Crippen molar-refractivity contribution in [2.45, 2.75) is 25.7 Å². The van der Waals surface area contributed by atoms with Crippen LogP contribution in [0.1, 0.15) is 25.7 Å². The van der Waals surface area contributed by atoms with Gasteiger partial charge in [-0.2, -0.15) is 17.0 Å². The Balaban J connectivity index is 1.97. The molecule has 1 aliphatic carbocycles. The Bertz CT molecular complexity index is 346. The fourth-order valence-corrected chi connectivity index (χ4v) is 4.52. The first-order valence-electron chi connectivity index (χ1n) is 6.47. The third kappa shape index (κ3) is 2.65. The Morgan fingerprint density at radius 1 is 1.29 bits per heavy atom. The number of hydrogen-bond donors (Lipinski definition) is 1. The molecular formula is C11H23N3O2S. The van der Waals surface area contributed by atoms with Crippen LogP contribution in [0, 0.1) is 11.8 Å². The molecule has 0 radical (unpaired) electrons. The molecule has 1 saturated carbocycles. The number of hydrogen-bond acceptors (Lipinski definition) is 3. The van der Waals surface area contributed by atoms with Gasteiger partial charge in [0.25, 0.3) is 10.2 Å². The molecule has 1 heterocycles. The van der Waals surface area contributed by atoms with E-state index in [4.69, 9.17) is 5.73 Å². The maximum atomic E-state index is 12.3. The third-order valence-electron chi connectivity index (χ3n) is 4.09. The molecule has 2 rings (SSSR count). The fraction of sp³-hybridized carbons (Fsp3) is 1.00. The van der Waals surface area contributed by atoms with Gasteiger partial charge in [-0.15, -0.1) is 0 Å². The standard InChI is InChI=1S/C11H23N3O2S/c1-13(7-3-6-12)17(15,16)14-8-10-4-2-5-11(10)9-14/h10-11H,2-9,12H2,1H3. The lowest BCUT2D eigenvalue weighted by molar-refractivity contribution is 0.378. The normalized spacial score (nSPS) is 30.1. The molecule has 0 aromatic heterocycles. The van der Waals surface area contributed by atoms with Gasteiger partial charge in [0.15, 0.2) is 0 Å². The van der Waals surface area contributed by atoms with Gasteiger partial charge in [0.05, 0.1) is 0 Å². The van der Waals surface area contributed by atoms with Crippen LogP contribution in [-0.4, -0.2) is 50.3 Å². The monoisotopic (exact) mass is 261 g/mol. The van der Waals surface area contributed by atoms with Gasteiger partial charge in [0, 0.05) is 26.7 Å². The molecule has 0 bridgehead atoms. The van der Waals surface area contributed by atoms with Crippen LogP contribution in [0.3, 0.4) is 0 Å². The van der Waals surface area contributed by atoms with E-state index in [1.54, 1.807) is 11.4 Å². The van der Waals surface area contributed by atoms with E-state index in [9.17, 15) is 8.42 Å². The van der Waals surface area contributed by atoms with Crippen LogP contribution in [0.5, 0.6) is 0 Å². The van der Waals surface area contributed by atoms with Crippen LogP contribution in [-0.2, 0) is 10.2 Å². The highest BCUT2D eigenvalue weighted by Gasteiger charge is 2.41. The Kier molecular flexibility index (Phi) is 4.07. The van der Waals surface area contributed by atoms with E-state index in [0.717, 1.165) is 19.5 Å². The van der Waals surface area contributed by atoms with Crippen LogP contribution in [0.15, 0.2) is 0 Å². The average molecular weight is 261 g/mol. The van der Waals surface area contributed by atoms with E-state index in [-0.39, 0.29) is 0 Å². The number of nitrogens with zero attached hydrogens (tertiary/aromatic N) is 2. The van der Waals surface area contributed by atoms with E-state index < -0.39 is 10.2 Å². The molecule has 0 aromatic carbocycles. The molecular weight excluding hydrogens is 238 g/mol. The Hall–Kier alpha value is -0.170. The van der Waals surface area contributed by atoms with Crippen molar-refractivity contribution in [1.29, 1.82) is 0 Å². The van der Waals surface area contributed by atoms with Crippen LogP contribution < -0.4 is 5.73 Å². The summed E-state index contributed by atoms with van der Waals surface area (Å²) in [5.74, 6) is 1.21. The van der Waals surface area contributed by atoms with Gasteiger partial charge in [0.2, 0.25) is 0 Å². The lowest BCUT2D eigenvalue weighted by atomic mass is 10.0. The molecule has 2 fully saturated rings. The zero-order valence-electron chi connectivity index (χ0n) is 10.5. The predicted molar refractivity (Wildman–Crippen MR) is 67.6 cm³/mol. The second-order valence-corrected chi connectivity index (χ2v) is 7.27. The van der Waals surface area contributed by atoms with Crippen molar-refractivity contribution in [3.8, 4) is 0 Å². The second kappa shape index (κ2) is 5.22. The summed E-state index contributed by atoms with van der Waals surface area (Å²) >= 11 is 0. The Morgan fingerprint density at radius 2 is 1.88 bits per heavy atom. The summed E-state index contributed by atoms with van der Waals surface area (Å²) in [6.45, 7) is 2.50. The SMILES string of the molecule is CN(CCCN)S(=O)(=O)N1CC2CCCC2C1. The maximum Gasteiger partial charge on any atom is 0.281 e. The van der Waals surface area contributed by atoms with E-state index in [1.807, 2.05) is 0 Å². The second-order valence-electron chi connectivity index (χ2n) is 5.24. The number of fused-ring (bicyclic) bond motifs is 1. The largest absolute Gasteiger partial charge is 0.330 e. The topological polar surface area (TPSA) is 66.6 Å². The highest BCUT2D eigenvalue weighted by Crippen LogP contribution is 2.38. The minimum atomic E-state index is -3.24. The predicted octanol–water partition coefficient (Wildman–Crippen LogP) is 0.244. The average Bonchev–Trinajstić information content (AvgIpc) is 2.85. The van der Waals surface area contributed by atoms with Crippen LogP contribution in [0.25, 0.3) is 0 Å². The zero-order valence-corrected chi connectivity index (χ0v) is 11.3. The van der Waals surface area contributed by atoms with E-state index in [1.165, 1.54) is 23.6 Å². The molecule has 0 spiro atoms. The van der Waals surface area contributed by atoms with Crippen LogP contribution >= 0.6 is 0 Å². The molecule has 0 amide bonds. The molecule has 5 nitrogen and oxygen atoms in total. The third-order valence-corrected chi connectivity index (χ3v) is 6.01. The fourth-order valence-electron chi connectivity index (χ4n) is 3.01. The number of nitrogens with two attached hydrogens (primary N) is 1. The molecule has 1 aliphatic heterocycles. The van der Waals surface area contributed by atoms with Crippen molar-refractivity contribution in [3.05, 3.63) is 0 Å². The smallest absolute Gasteiger partial charge is 0.281 e. The molecule has 2 atom stereocenters. The summed E-state index contributed by atoms with van der Waals surface area (Å²) in [5.41, 5.74) is 5.41. The molecule has 2 N–H and O–H groups in total. The molecule has 1 saturated heterocycles. The van der Waals surface area contributed by atoms with Crippen molar-refractivity contribution in [2.24, 2.45) is 17.6 Å². The zero-order chi connectivity index (χ0) is 12.5. The quantitative estimate of drug-likeness (QED) is 0.771. The van der Waals surface area contributed by atoms with Crippen molar-refractivity contribution >= 4 is 10.2 Å². The molecule has 17 heavy (non-hydrogen) atoms. The molecule has 2 aliphatic rings.